The van der Waals surface area contributed by atoms with E-state index >= 15 is 0 Å². The van der Waals surface area contributed by atoms with Crippen LogP contribution in [0.4, 0.5) is 19.0 Å². The van der Waals surface area contributed by atoms with Crippen LogP contribution < -0.4 is 9.64 Å². The van der Waals surface area contributed by atoms with E-state index < -0.39 is 6.36 Å². The van der Waals surface area contributed by atoms with E-state index in [4.69, 9.17) is 9.97 Å². The summed E-state index contributed by atoms with van der Waals surface area (Å²) in [6, 6.07) is 5.85. The highest BCUT2D eigenvalue weighted by Gasteiger charge is 2.31. The van der Waals surface area contributed by atoms with Crippen LogP contribution in [0.5, 0.6) is 5.75 Å². The summed E-state index contributed by atoms with van der Waals surface area (Å²) in [5, 5.41) is 0. The van der Waals surface area contributed by atoms with Crippen LogP contribution >= 0.6 is 0 Å². The molecule has 0 aliphatic carbocycles. The van der Waals surface area contributed by atoms with Gasteiger partial charge in [0, 0.05) is 36.8 Å². The summed E-state index contributed by atoms with van der Waals surface area (Å²) in [6.45, 7) is 7.98. The van der Waals surface area contributed by atoms with Crippen molar-refractivity contribution >= 4 is 5.82 Å². The van der Waals surface area contributed by atoms with Crippen molar-refractivity contribution in [2.75, 3.05) is 32.1 Å². The summed E-state index contributed by atoms with van der Waals surface area (Å²) in [7, 11) is 4.04. The van der Waals surface area contributed by atoms with Crippen molar-refractivity contribution in [1.82, 2.24) is 14.9 Å². The number of hydrogen-bond acceptors (Lipinski definition) is 5. The molecule has 2 aromatic rings. The summed E-state index contributed by atoms with van der Waals surface area (Å²) in [4.78, 5) is 14.0. The quantitative estimate of drug-likeness (QED) is 0.599. The van der Waals surface area contributed by atoms with Crippen molar-refractivity contribution in [3.05, 3.63) is 47.4 Å². The fourth-order valence-corrected chi connectivity index (χ4v) is 3.77. The Bertz CT molecular complexity index is 941. The van der Waals surface area contributed by atoms with E-state index in [-0.39, 0.29) is 11.7 Å². The number of allylic oxidation sites excluding steroid dienone is 1. The first-order valence-corrected chi connectivity index (χ1v) is 10.4. The van der Waals surface area contributed by atoms with E-state index in [2.05, 4.69) is 36.7 Å². The van der Waals surface area contributed by atoms with Crippen molar-refractivity contribution in [3.8, 4) is 17.0 Å². The van der Waals surface area contributed by atoms with Gasteiger partial charge < -0.3 is 14.5 Å². The molecule has 0 saturated carbocycles. The van der Waals surface area contributed by atoms with Gasteiger partial charge in [-0.05, 0) is 64.5 Å². The van der Waals surface area contributed by atoms with E-state index in [1.54, 1.807) is 12.1 Å². The number of alkyl halides is 3. The lowest BCUT2D eigenvalue weighted by atomic mass is 10.0. The van der Waals surface area contributed by atoms with Crippen molar-refractivity contribution < 1.29 is 17.9 Å². The normalized spacial score (nSPS) is 17.8. The molecule has 3 rings (SSSR count). The van der Waals surface area contributed by atoms with Crippen LogP contribution in [-0.4, -0.2) is 48.4 Å². The zero-order valence-electron chi connectivity index (χ0n) is 18.6. The van der Waals surface area contributed by atoms with Crippen molar-refractivity contribution in [2.45, 2.75) is 45.9 Å². The summed E-state index contributed by atoms with van der Waals surface area (Å²) < 4.78 is 41.5. The van der Waals surface area contributed by atoms with Crippen LogP contribution in [0.1, 0.15) is 44.0 Å². The van der Waals surface area contributed by atoms with Crippen LogP contribution in [0.2, 0.25) is 0 Å². The average Bonchev–Trinajstić information content (AvgIpc) is 3.14. The summed E-state index contributed by atoms with van der Waals surface area (Å²) in [5.41, 5.74) is 3.55. The number of hydrogen-bond donors (Lipinski definition) is 0. The van der Waals surface area contributed by atoms with Crippen LogP contribution in [0.3, 0.4) is 0 Å². The number of likely N-dealkylation sites (tertiary alicyclic amines) is 1. The number of rotatable bonds is 6. The van der Waals surface area contributed by atoms with Gasteiger partial charge in [-0.25, -0.2) is 9.97 Å². The number of nitrogens with zero attached hydrogens (tertiary/aromatic N) is 4. The van der Waals surface area contributed by atoms with Gasteiger partial charge in [-0.3, -0.25) is 0 Å². The molecule has 0 radical (unpaired) electrons. The Balaban J connectivity index is 2.05. The molecule has 1 aromatic heterocycles. The maximum Gasteiger partial charge on any atom is 0.573 e. The molecule has 0 amide bonds. The minimum absolute atomic E-state index is 0.223. The topological polar surface area (TPSA) is 41.5 Å². The van der Waals surface area contributed by atoms with E-state index in [0.29, 0.717) is 0 Å². The summed E-state index contributed by atoms with van der Waals surface area (Å²) in [5.74, 6) is 1.54. The highest BCUT2D eigenvalue weighted by atomic mass is 19.4. The fraction of sp³-hybridized carbons (Fsp3) is 0.478. The zero-order valence-corrected chi connectivity index (χ0v) is 18.6. The Morgan fingerprint density at radius 1 is 1.26 bits per heavy atom. The Kier molecular flexibility index (Phi) is 6.89. The second-order valence-corrected chi connectivity index (χ2v) is 8.14. The molecule has 0 N–H and O–H groups in total. The first kappa shape index (κ1) is 23.1. The SMILES string of the molecule is CC/C(C)=C/N(C)c1nc(C2CCN(C)C2)nc(-c2ccc(OC(F)(F)F)cc2)c1C. The molecular formula is C23H29F3N4O. The molecule has 168 valence electrons. The minimum Gasteiger partial charge on any atom is -0.406 e. The number of aromatic nitrogens is 2. The molecule has 31 heavy (non-hydrogen) atoms. The van der Waals surface area contributed by atoms with Gasteiger partial charge in [-0.15, -0.1) is 13.2 Å². The maximum absolute atomic E-state index is 12.5. The number of likely N-dealkylation sites (N-methyl/N-ethyl adjacent to an activating group) is 1. The molecule has 1 aliphatic rings. The first-order valence-electron chi connectivity index (χ1n) is 10.4. The number of ether oxygens (including phenoxy) is 1. The molecule has 1 aliphatic heterocycles. The molecule has 1 atom stereocenters. The first-order chi connectivity index (χ1) is 14.6. The molecule has 0 bridgehead atoms. The molecule has 1 fully saturated rings. The predicted molar refractivity (Wildman–Crippen MR) is 116 cm³/mol. The van der Waals surface area contributed by atoms with E-state index in [1.807, 2.05) is 18.9 Å². The summed E-state index contributed by atoms with van der Waals surface area (Å²) in [6.07, 6.45) is -0.746. The molecule has 8 heteroatoms. The minimum atomic E-state index is -4.71. The van der Waals surface area contributed by atoms with Crippen LogP contribution in [0.15, 0.2) is 36.0 Å². The van der Waals surface area contributed by atoms with Gasteiger partial charge in [0.25, 0.3) is 0 Å². The van der Waals surface area contributed by atoms with Crippen LogP contribution in [0.25, 0.3) is 11.3 Å². The highest BCUT2D eigenvalue weighted by molar-refractivity contribution is 5.69. The molecular weight excluding hydrogens is 405 g/mol. The zero-order chi connectivity index (χ0) is 22.8. The number of halogens is 3. The van der Waals surface area contributed by atoms with Gasteiger partial charge in [0.2, 0.25) is 0 Å². The van der Waals surface area contributed by atoms with Crippen molar-refractivity contribution in [3.63, 3.8) is 0 Å². The number of benzene rings is 1. The van der Waals surface area contributed by atoms with Gasteiger partial charge in [0.1, 0.15) is 17.4 Å². The van der Waals surface area contributed by atoms with Crippen LogP contribution in [0, 0.1) is 6.92 Å². The summed E-state index contributed by atoms with van der Waals surface area (Å²) >= 11 is 0. The third-order valence-corrected chi connectivity index (χ3v) is 5.56. The smallest absolute Gasteiger partial charge is 0.406 e. The molecule has 5 nitrogen and oxygen atoms in total. The largest absolute Gasteiger partial charge is 0.573 e. The van der Waals surface area contributed by atoms with E-state index in [1.165, 1.54) is 17.7 Å². The monoisotopic (exact) mass is 434 g/mol. The lowest BCUT2D eigenvalue weighted by molar-refractivity contribution is -0.274. The predicted octanol–water partition coefficient (Wildman–Crippen LogP) is 5.52. The molecule has 0 spiro atoms. The number of anilines is 1. The van der Waals surface area contributed by atoms with Crippen LogP contribution in [-0.2, 0) is 0 Å². The molecule has 1 aromatic carbocycles. The lowest BCUT2D eigenvalue weighted by Gasteiger charge is -2.22. The highest BCUT2D eigenvalue weighted by Crippen LogP contribution is 2.33. The third-order valence-electron chi connectivity index (χ3n) is 5.56. The Morgan fingerprint density at radius 3 is 2.48 bits per heavy atom. The third kappa shape index (κ3) is 5.76. The molecule has 2 heterocycles. The Labute approximate surface area is 181 Å². The molecule has 1 saturated heterocycles. The van der Waals surface area contributed by atoms with E-state index in [9.17, 15) is 13.2 Å². The van der Waals surface area contributed by atoms with Crippen molar-refractivity contribution in [1.29, 1.82) is 0 Å². The fourth-order valence-electron chi connectivity index (χ4n) is 3.77. The van der Waals surface area contributed by atoms with Gasteiger partial charge in [0.05, 0.1) is 5.69 Å². The van der Waals surface area contributed by atoms with Gasteiger partial charge >= 0.3 is 6.36 Å². The van der Waals surface area contributed by atoms with E-state index in [0.717, 1.165) is 54.4 Å². The second-order valence-electron chi connectivity index (χ2n) is 8.14. The average molecular weight is 435 g/mol. The van der Waals surface area contributed by atoms with Gasteiger partial charge in [0.15, 0.2) is 0 Å². The standard InChI is InChI=1S/C23H29F3N4O/c1-6-15(2)13-30(5)22-16(3)20(27-21(28-22)18-11-12-29(4)14-18)17-7-9-19(10-8-17)31-23(24,25)26/h7-10,13,18H,6,11-12,14H2,1-5H3/b15-13+. The Hall–Kier alpha value is -2.61. The second kappa shape index (κ2) is 9.26. The van der Waals surface area contributed by atoms with Gasteiger partial charge in [-0.1, -0.05) is 12.5 Å². The molecule has 1 unspecified atom stereocenters. The van der Waals surface area contributed by atoms with Gasteiger partial charge in [-0.2, -0.15) is 0 Å². The lowest BCUT2D eigenvalue weighted by Crippen LogP contribution is -2.18. The Morgan fingerprint density at radius 2 is 1.94 bits per heavy atom. The maximum atomic E-state index is 12.5. The van der Waals surface area contributed by atoms with Crippen molar-refractivity contribution in [2.24, 2.45) is 0 Å².